The summed E-state index contributed by atoms with van der Waals surface area (Å²) in [6.07, 6.45) is 7.16. The molecular weight excluding hydrogens is 578 g/mol. The van der Waals surface area contributed by atoms with Gasteiger partial charge >= 0.3 is 6.01 Å². The number of phenols is 1. The van der Waals surface area contributed by atoms with Crippen LogP contribution in [-0.2, 0) is 11.3 Å². The Hall–Kier alpha value is -4.25. The summed E-state index contributed by atoms with van der Waals surface area (Å²) in [5, 5.41) is 10.6. The summed E-state index contributed by atoms with van der Waals surface area (Å²) >= 11 is 6.58. The van der Waals surface area contributed by atoms with E-state index in [0.717, 1.165) is 24.7 Å². The first-order valence-corrected chi connectivity index (χ1v) is 14.6. The molecule has 1 N–H and O–H groups in total. The molecule has 43 heavy (non-hydrogen) atoms. The third kappa shape index (κ3) is 5.37. The Labute approximate surface area is 252 Å². The van der Waals surface area contributed by atoms with Crippen LogP contribution in [0.5, 0.6) is 11.8 Å². The lowest BCUT2D eigenvalue weighted by atomic mass is 10.0. The number of aromatic hydroxyl groups is 1. The summed E-state index contributed by atoms with van der Waals surface area (Å²) in [5.41, 5.74) is -0.802. The SMILES string of the molecule is C=CC(=O)N1C[C@H](C)N(c2nc(OCCn3ccnc3C3CC3)nc3c(F)c(-c4c(O)cccc4F)c(Cl)cc23)C[C@H]1C. The predicted molar refractivity (Wildman–Crippen MR) is 159 cm³/mol. The van der Waals surface area contributed by atoms with Crippen LogP contribution in [0.4, 0.5) is 14.6 Å². The van der Waals surface area contributed by atoms with Crippen LogP contribution in [0.1, 0.15) is 38.4 Å². The molecule has 3 heterocycles. The van der Waals surface area contributed by atoms with E-state index in [2.05, 4.69) is 16.5 Å². The Balaban J connectivity index is 1.43. The number of anilines is 1. The highest BCUT2D eigenvalue weighted by Crippen LogP contribution is 2.43. The van der Waals surface area contributed by atoms with Gasteiger partial charge in [-0.15, -0.1) is 0 Å². The second-order valence-corrected chi connectivity index (χ2v) is 11.5. The van der Waals surface area contributed by atoms with Crippen LogP contribution in [0.2, 0.25) is 5.02 Å². The van der Waals surface area contributed by atoms with Crippen molar-refractivity contribution < 1.29 is 23.4 Å². The standard InChI is InChI=1S/C31H31ClF2N6O3/c1-4-24(42)39-15-18(3)40(16-17(39)2)30-20-14-21(32)25(26-22(33)6-5-7-23(26)41)27(34)28(20)36-31(37-30)43-13-12-38-11-10-35-29(38)19-8-9-19/h4-7,10-11,14,17-19,41H,1,8-9,12-13,15-16H2,2-3H3/t17-,18+/m1/s1. The summed E-state index contributed by atoms with van der Waals surface area (Å²) in [5.74, 6) is -0.538. The molecule has 4 aromatic rings. The number of imidazole rings is 1. The second kappa shape index (κ2) is 11.4. The van der Waals surface area contributed by atoms with Crippen LogP contribution >= 0.6 is 11.6 Å². The summed E-state index contributed by atoms with van der Waals surface area (Å²) in [4.78, 5) is 29.7. The number of amides is 1. The minimum Gasteiger partial charge on any atom is -0.507 e. The van der Waals surface area contributed by atoms with Crippen molar-refractivity contribution in [3.63, 3.8) is 0 Å². The Morgan fingerprint density at radius 1 is 1.19 bits per heavy atom. The van der Waals surface area contributed by atoms with Gasteiger partial charge in [0.1, 0.15) is 35.3 Å². The largest absolute Gasteiger partial charge is 0.507 e. The lowest BCUT2D eigenvalue weighted by Crippen LogP contribution is -2.58. The molecule has 0 radical (unpaired) electrons. The van der Waals surface area contributed by atoms with Crippen LogP contribution < -0.4 is 9.64 Å². The highest BCUT2D eigenvalue weighted by molar-refractivity contribution is 6.34. The van der Waals surface area contributed by atoms with Crippen molar-refractivity contribution in [1.82, 2.24) is 24.4 Å². The molecule has 6 rings (SSSR count). The molecule has 12 heteroatoms. The van der Waals surface area contributed by atoms with Gasteiger partial charge in [-0.1, -0.05) is 24.2 Å². The Morgan fingerprint density at radius 3 is 2.70 bits per heavy atom. The first kappa shape index (κ1) is 28.9. The molecule has 2 aromatic carbocycles. The molecule has 1 amide bonds. The molecule has 2 fully saturated rings. The fraction of sp³-hybridized carbons (Fsp3) is 0.355. The molecule has 224 valence electrons. The molecule has 2 aliphatic rings. The number of rotatable bonds is 8. The van der Waals surface area contributed by atoms with Crippen molar-refractivity contribution in [2.75, 3.05) is 24.6 Å². The highest BCUT2D eigenvalue weighted by atomic mass is 35.5. The average Bonchev–Trinajstić information content (AvgIpc) is 3.72. The normalized spacial score (nSPS) is 18.7. The van der Waals surface area contributed by atoms with E-state index in [4.69, 9.17) is 21.3 Å². The smallest absolute Gasteiger partial charge is 0.319 e. The Morgan fingerprint density at radius 2 is 1.98 bits per heavy atom. The maximum atomic E-state index is 16.4. The zero-order chi connectivity index (χ0) is 30.4. The molecule has 0 bridgehead atoms. The fourth-order valence-electron chi connectivity index (χ4n) is 5.73. The lowest BCUT2D eigenvalue weighted by Gasteiger charge is -2.44. The molecule has 0 spiro atoms. The predicted octanol–water partition coefficient (Wildman–Crippen LogP) is 5.70. The molecule has 0 unspecified atom stereocenters. The van der Waals surface area contributed by atoms with Crippen LogP contribution in [0.15, 0.2) is 49.3 Å². The van der Waals surface area contributed by atoms with Crippen LogP contribution in [-0.4, -0.2) is 67.2 Å². The van der Waals surface area contributed by atoms with Gasteiger partial charge < -0.3 is 24.2 Å². The van der Waals surface area contributed by atoms with Gasteiger partial charge in [-0.3, -0.25) is 4.79 Å². The lowest BCUT2D eigenvalue weighted by molar-refractivity contribution is -0.128. The van der Waals surface area contributed by atoms with E-state index < -0.39 is 17.4 Å². The summed E-state index contributed by atoms with van der Waals surface area (Å²) in [6.45, 7) is 8.93. The first-order valence-electron chi connectivity index (χ1n) is 14.2. The van der Waals surface area contributed by atoms with Gasteiger partial charge in [-0.2, -0.15) is 9.97 Å². The van der Waals surface area contributed by atoms with Gasteiger partial charge in [-0.25, -0.2) is 13.8 Å². The number of hydrogen-bond donors (Lipinski definition) is 1. The number of benzene rings is 2. The van der Waals surface area contributed by atoms with E-state index in [1.807, 2.05) is 29.5 Å². The summed E-state index contributed by atoms with van der Waals surface area (Å²) in [7, 11) is 0. The quantitative estimate of drug-likeness (QED) is 0.256. The second-order valence-electron chi connectivity index (χ2n) is 11.1. The van der Waals surface area contributed by atoms with E-state index in [1.54, 1.807) is 11.1 Å². The first-order chi connectivity index (χ1) is 20.7. The third-order valence-electron chi connectivity index (χ3n) is 8.05. The van der Waals surface area contributed by atoms with Crippen LogP contribution in [0.25, 0.3) is 22.0 Å². The average molecular weight is 609 g/mol. The van der Waals surface area contributed by atoms with E-state index >= 15 is 4.39 Å². The molecule has 2 atom stereocenters. The van der Waals surface area contributed by atoms with Crippen molar-refractivity contribution in [1.29, 1.82) is 0 Å². The number of phenolic OH excluding ortho intramolecular Hbond substituents is 1. The van der Waals surface area contributed by atoms with E-state index in [0.29, 0.717) is 36.8 Å². The maximum absolute atomic E-state index is 16.4. The van der Waals surface area contributed by atoms with Gasteiger partial charge in [0.15, 0.2) is 5.82 Å². The minimum absolute atomic E-state index is 0.0648. The van der Waals surface area contributed by atoms with Crippen molar-refractivity contribution in [3.8, 4) is 22.9 Å². The van der Waals surface area contributed by atoms with E-state index in [1.165, 1.54) is 24.3 Å². The maximum Gasteiger partial charge on any atom is 0.319 e. The van der Waals surface area contributed by atoms with Crippen LogP contribution in [0, 0.1) is 11.6 Å². The fourth-order valence-corrected chi connectivity index (χ4v) is 6.01. The molecule has 1 saturated heterocycles. The van der Waals surface area contributed by atoms with E-state index in [-0.39, 0.29) is 52.3 Å². The summed E-state index contributed by atoms with van der Waals surface area (Å²) in [6, 6.07) is 4.70. The molecular formula is C31H31ClF2N6O3. The number of hydrogen-bond acceptors (Lipinski definition) is 7. The van der Waals surface area contributed by atoms with E-state index in [9.17, 15) is 14.3 Å². The van der Waals surface area contributed by atoms with Crippen molar-refractivity contribution in [2.45, 2.75) is 51.2 Å². The molecule has 1 aliphatic carbocycles. The number of carbonyl (C=O) groups is 1. The molecule has 1 saturated carbocycles. The minimum atomic E-state index is -0.914. The topological polar surface area (TPSA) is 96.6 Å². The summed E-state index contributed by atoms with van der Waals surface area (Å²) < 4.78 is 39.3. The number of fused-ring (bicyclic) bond motifs is 1. The Bertz CT molecular complexity index is 1710. The number of halogens is 3. The van der Waals surface area contributed by atoms with Gasteiger partial charge in [0.2, 0.25) is 5.91 Å². The molecule has 9 nitrogen and oxygen atoms in total. The van der Waals surface area contributed by atoms with Crippen molar-refractivity contribution >= 4 is 34.2 Å². The van der Waals surface area contributed by atoms with Crippen LogP contribution in [0.3, 0.4) is 0 Å². The van der Waals surface area contributed by atoms with Crippen molar-refractivity contribution in [2.24, 2.45) is 0 Å². The highest BCUT2D eigenvalue weighted by Gasteiger charge is 2.34. The monoisotopic (exact) mass is 608 g/mol. The number of nitrogens with zero attached hydrogens (tertiary/aromatic N) is 6. The van der Waals surface area contributed by atoms with Gasteiger partial charge in [0.05, 0.1) is 17.1 Å². The van der Waals surface area contributed by atoms with Gasteiger partial charge in [-0.05, 0) is 51.0 Å². The van der Waals surface area contributed by atoms with Crippen molar-refractivity contribution in [3.05, 3.63) is 71.8 Å². The number of piperazine rings is 1. The number of aromatic nitrogens is 4. The molecule has 2 aromatic heterocycles. The zero-order valence-corrected chi connectivity index (χ0v) is 24.6. The van der Waals surface area contributed by atoms with Gasteiger partial charge in [0.25, 0.3) is 0 Å². The zero-order valence-electron chi connectivity index (χ0n) is 23.8. The number of carbonyl (C=O) groups excluding carboxylic acids is 1. The number of ether oxygens (including phenoxy) is 1. The Kier molecular flexibility index (Phi) is 7.68. The third-order valence-corrected chi connectivity index (χ3v) is 8.35. The molecule has 1 aliphatic heterocycles. The van der Waals surface area contributed by atoms with Gasteiger partial charge in [0, 0.05) is 54.4 Å².